The summed E-state index contributed by atoms with van der Waals surface area (Å²) in [7, 11) is -4.76. The van der Waals surface area contributed by atoms with Gasteiger partial charge in [0.25, 0.3) is 10.0 Å². The number of aliphatic hydroxyl groups is 1. The quantitative estimate of drug-likeness (QED) is 0.843. The van der Waals surface area contributed by atoms with Gasteiger partial charge in [-0.15, -0.1) is 15.6 Å². The number of halogens is 1. The zero-order chi connectivity index (χ0) is 17.5. The molecule has 1 aliphatic rings. The number of nitrogens with zero attached hydrogens (tertiary/aromatic N) is 2. The van der Waals surface area contributed by atoms with Crippen LogP contribution in [-0.4, -0.2) is 36.3 Å². The van der Waals surface area contributed by atoms with Crippen LogP contribution in [0.5, 0.6) is 5.75 Å². The van der Waals surface area contributed by atoms with Gasteiger partial charge < -0.3 is 14.9 Å². The lowest BCUT2D eigenvalue weighted by Gasteiger charge is -2.24. The van der Waals surface area contributed by atoms with Crippen LogP contribution in [0.3, 0.4) is 0 Å². The van der Waals surface area contributed by atoms with Crippen molar-refractivity contribution < 1.29 is 32.6 Å². The van der Waals surface area contributed by atoms with E-state index in [1.165, 1.54) is 10.9 Å². The van der Waals surface area contributed by atoms with Crippen LogP contribution in [0.1, 0.15) is 18.1 Å². The van der Waals surface area contributed by atoms with Gasteiger partial charge in [-0.05, 0) is 6.07 Å². The van der Waals surface area contributed by atoms with Crippen LogP contribution in [0.25, 0.3) is 0 Å². The molecule has 8 nitrogen and oxygen atoms in total. The van der Waals surface area contributed by atoms with Crippen molar-refractivity contribution in [3.05, 3.63) is 34.4 Å². The minimum atomic E-state index is -4.76. The molecule has 2 aromatic rings. The summed E-state index contributed by atoms with van der Waals surface area (Å²) in [6, 6.07) is 1.72. The molecule has 1 aromatic carbocycles. The minimum absolute atomic E-state index is 0.00246. The fraction of sp³-hybridized carbons (Fsp3) is 0.231. The number of rotatable bonds is 3. The first kappa shape index (κ1) is 16.6. The number of aromatic nitrogens is 1. The molecule has 2 heterocycles. The first-order valence-corrected chi connectivity index (χ1v) is 9.01. The van der Waals surface area contributed by atoms with Crippen molar-refractivity contribution in [3.63, 3.8) is 0 Å². The van der Waals surface area contributed by atoms with Gasteiger partial charge >= 0.3 is 6.09 Å². The second-order valence-electron chi connectivity index (χ2n) is 4.87. The van der Waals surface area contributed by atoms with Gasteiger partial charge in [0, 0.05) is 23.4 Å². The van der Waals surface area contributed by atoms with E-state index in [0.29, 0.717) is 0 Å². The lowest BCUT2D eigenvalue weighted by Crippen LogP contribution is -2.36. The molecule has 1 aliphatic heterocycles. The van der Waals surface area contributed by atoms with E-state index in [9.17, 15) is 27.8 Å². The highest BCUT2D eigenvalue weighted by Gasteiger charge is 2.36. The zero-order valence-corrected chi connectivity index (χ0v) is 13.6. The van der Waals surface area contributed by atoms with Crippen LogP contribution in [0.2, 0.25) is 0 Å². The summed E-state index contributed by atoms with van der Waals surface area (Å²) in [5.41, 5.74) is 1.37. The Morgan fingerprint density at radius 2 is 2.21 bits per heavy atom. The minimum Gasteiger partial charge on any atom is -0.493 e. The van der Waals surface area contributed by atoms with E-state index in [1.54, 1.807) is 0 Å². The molecule has 0 bridgehead atoms. The number of hydrogen-bond donors (Lipinski definition) is 2. The largest absolute Gasteiger partial charge is 0.493 e. The number of hydrogen-bond acceptors (Lipinski definition) is 7. The third kappa shape index (κ3) is 2.70. The molecule has 0 radical (unpaired) electrons. The molecule has 1 amide bonds. The maximum Gasteiger partial charge on any atom is 0.427 e. The van der Waals surface area contributed by atoms with Gasteiger partial charge in [0.05, 0.1) is 18.2 Å². The highest BCUT2D eigenvalue weighted by molar-refractivity contribution is 7.93. The Balaban J connectivity index is 2.14. The highest BCUT2D eigenvalue weighted by atomic mass is 32.2. The number of thiazole rings is 1. The normalized spacial score (nSPS) is 17.0. The Bertz CT molecular complexity index is 884. The van der Waals surface area contributed by atoms with E-state index < -0.39 is 32.9 Å². The molecule has 3 rings (SSSR count). The first-order chi connectivity index (χ1) is 11.3. The topological polar surface area (TPSA) is 117 Å². The van der Waals surface area contributed by atoms with Gasteiger partial charge in [-0.2, -0.15) is 0 Å². The molecule has 128 valence electrons. The van der Waals surface area contributed by atoms with E-state index in [4.69, 9.17) is 4.74 Å². The fourth-order valence-electron chi connectivity index (χ4n) is 2.30. The molecule has 0 aliphatic carbocycles. The van der Waals surface area contributed by atoms with Gasteiger partial charge in [0.1, 0.15) is 16.5 Å². The number of sulfonamides is 1. The Labute approximate surface area is 139 Å². The zero-order valence-electron chi connectivity index (χ0n) is 11.9. The highest BCUT2D eigenvalue weighted by Crippen LogP contribution is 2.36. The molecule has 1 aromatic heterocycles. The fourth-order valence-corrected chi connectivity index (χ4v) is 4.19. The van der Waals surface area contributed by atoms with Crippen LogP contribution in [0, 0.1) is 5.82 Å². The van der Waals surface area contributed by atoms with Crippen molar-refractivity contribution >= 4 is 33.3 Å². The van der Waals surface area contributed by atoms with Crippen LogP contribution in [-0.2, 0) is 10.0 Å². The van der Waals surface area contributed by atoms with Crippen molar-refractivity contribution in [3.8, 4) is 5.75 Å². The van der Waals surface area contributed by atoms with E-state index in [2.05, 4.69) is 4.98 Å². The summed E-state index contributed by atoms with van der Waals surface area (Å²) in [6.07, 6.45) is -2.55. The summed E-state index contributed by atoms with van der Waals surface area (Å²) >= 11 is 0.992. The number of aliphatic hydroxyl groups excluding tert-OH is 1. The van der Waals surface area contributed by atoms with Gasteiger partial charge in [0.2, 0.25) is 0 Å². The number of carbonyl (C=O) groups is 1. The van der Waals surface area contributed by atoms with Crippen molar-refractivity contribution in [2.24, 2.45) is 0 Å². The molecule has 0 fully saturated rings. The van der Waals surface area contributed by atoms with Gasteiger partial charge in [-0.25, -0.2) is 22.6 Å². The van der Waals surface area contributed by atoms with Crippen LogP contribution >= 0.6 is 11.3 Å². The van der Waals surface area contributed by atoms with E-state index in [-0.39, 0.29) is 34.5 Å². The van der Waals surface area contributed by atoms with Crippen molar-refractivity contribution in [1.29, 1.82) is 0 Å². The van der Waals surface area contributed by atoms with Crippen LogP contribution in [0.15, 0.2) is 27.9 Å². The van der Waals surface area contributed by atoms with Gasteiger partial charge in [0.15, 0.2) is 5.82 Å². The summed E-state index contributed by atoms with van der Waals surface area (Å²) in [5, 5.41) is 20.3. The van der Waals surface area contributed by atoms with Crippen LogP contribution in [0.4, 0.5) is 15.0 Å². The number of benzene rings is 1. The Kier molecular flexibility index (Phi) is 4.15. The summed E-state index contributed by atoms with van der Waals surface area (Å²) in [5.74, 6) is -1.54. The SMILES string of the molecule is O=C(O)N(c1cscn1)S(=O)(=O)c1cc2c(cc1F)C(O)CCO2. The smallest absolute Gasteiger partial charge is 0.427 e. The molecule has 0 saturated carbocycles. The molecule has 1 atom stereocenters. The molecule has 0 spiro atoms. The summed E-state index contributed by atoms with van der Waals surface area (Å²) < 4.78 is 44.8. The van der Waals surface area contributed by atoms with Crippen molar-refractivity contribution in [2.45, 2.75) is 17.4 Å². The predicted molar refractivity (Wildman–Crippen MR) is 81.3 cm³/mol. The first-order valence-electron chi connectivity index (χ1n) is 6.63. The van der Waals surface area contributed by atoms with Crippen molar-refractivity contribution in [2.75, 3.05) is 10.9 Å². The third-order valence-electron chi connectivity index (χ3n) is 3.39. The second-order valence-corrected chi connectivity index (χ2v) is 7.35. The Hall–Kier alpha value is -2.24. The van der Waals surface area contributed by atoms with E-state index in [0.717, 1.165) is 23.5 Å². The molecule has 0 saturated heterocycles. The third-order valence-corrected chi connectivity index (χ3v) is 5.66. The molecular formula is C13H11FN2O6S2. The lowest BCUT2D eigenvalue weighted by molar-refractivity contribution is 0.114. The summed E-state index contributed by atoms with van der Waals surface area (Å²) in [6.45, 7) is 0.133. The number of ether oxygens (including phenoxy) is 1. The van der Waals surface area contributed by atoms with Crippen LogP contribution < -0.4 is 9.04 Å². The van der Waals surface area contributed by atoms with E-state index in [1.807, 2.05) is 0 Å². The number of amides is 1. The monoisotopic (exact) mass is 374 g/mol. The van der Waals surface area contributed by atoms with Gasteiger partial charge in [-0.1, -0.05) is 0 Å². The number of carboxylic acid groups (broad SMARTS) is 1. The van der Waals surface area contributed by atoms with Gasteiger partial charge in [-0.3, -0.25) is 0 Å². The molecule has 2 N–H and O–H groups in total. The molecule has 24 heavy (non-hydrogen) atoms. The summed E-state index contributed by atoms with van der Waals surface area (Å²) in [4.78, 5) is 14.2. The van der Waals surface area contributed by atoms with E-state index >= 15 is 0 Å². The number of fused-ring (bicyclic) bond motifs is 1. The average molecular weight is 374 g/mol. The lowest BCUT2D eigenvalue weighted by atomic mass is 10.0. The predicted octanol–water partition coefficient (Wildman–Crippen LogP) is 1.97. The average Bonchev–Trinajstić information content (AvgIpc) is 3.00. The molecule has 11 heteroatoms. The molecular weight excluding hydrogens is 363 g/mol. The Morgan fingerprint density at radius 1 is 1.46 bits per heavy atom. The maximum absolute atomic E-state index is 14.3. The maximum atomic E-state index is 14.3. The van der Waals surface area contributed by atoms with Crippen molar-refractivity contribution in [1.82, 2.24) is 4.98 Å². The standard InChI is InChI=1S/C13H11FN2O6S2/c14-8-3-7-9(17)1-2-22-10(7)4-11(8)24(20,21)16(13(18)19)12-5-23-6-15-12/h3-6,9,17H,1-2H2,(H,18,19). The second kappa shape index (κ2) is 6.00. The Morgan fingerprint density at radius 3 is 2.83 bits per heavy atom. The number of anilines is 1. The molecule has 1 unspecified atom stereocenters.